The third-order valence-electron chi connectivity index (χ3n) is 7.15. The summed E-state index contributed by atoms with van der Waals surface area (Å²) in [4.78, 5) is 35.2. The van der Waals surface area contributed by atoms with Gasteiger partial charge in [0.2, 0.25) is 5.91 Å². The molecule has 1 aliphatic heterocycles. The Kier molecular flexibility index (Phi) is 9.84. The van der Waals surface area contributed by atoms with E-state index in [9.17, 15) is 35.9 Å². The van der Waals surface area contributed by atoms with Gasteiger partial charge in [0.05, 0.1) is 28.4 Å². The first-order valence-corrected chi connectivity index (χ1v) is 15.5. The summed E-state index contributed by atoms with van der Waals surface area (Å²) in [5.41, 5.74) is 1.42. The summed E-state index contributed by atoms with van der Waals surface area (Å²) in [6.07, 6.45) is -8.05. The number of halogens is 6. The Morgan fingerprint density at radius 1 is 1.02 bits per heavy atom. The fourth-order valence-electron chi connectivity index (χ4n) is 4.93. The topological polar surface area (TPSA) is 102 Å². The number of amides is 3. The van der Waals surface area contributed by atoms with Crippen molar-refractivity contribution in [2.75, 3.05) is 16.0 Å². The number of ether oxygens (including phenoxy) is 1. The summed E-state index contributed by atoms with van der Waals surface area (Å²) in [6, 6.07) is 12.9. The van der Waals surface area contributed by atoms with Crippen LogP contribution in [0.3, 0.4) is 0 Å². The monoisotopic (exact) mass is 690 g/mol. The minimum atomic E-state index is -4.83. The molecule has 9 nitrogen and oxygen atoms in total. The third-order valence-corrected chi connectivity index (χ3v) is 8.08. The number of aliphatic imine (C=N–C) groups is 1. The molecule has 0 atom stereocenters. The van der Waals surface area contributed by atoms with Gasteiger partial charge in [-0.15, -0.1) is 13.2 Å². The molecule has 0 radical (unpaired) electrons. The number of nitrogens with one attached hydrogen (secondary N) is 1. The number of benzene rings is 3. The van der Waals surface area contributed by atoms with Crippen LogP contribution in [0.1, 0.15) is 47.8 Å². The fraction of sp³-hybridized carbons (Fsp3) is 0.281. The lowest BCUT2D eigenvalue weighted by atomic mass is 9.99. The molecule has 0 saturated carbocycles. The Hall–Kier alpha value is -4.86. The summed E-state index contributed by atoms with van der Waals surface area (Å²) in [6.45, 7) is 5.78. The predicted molar refractivity (Wildman–Crippen MR) is 169 cm³/mol. The van der Waals surface area contributed by atoms with E-state index in [-0.39, 0.29) is 41.4 Å². The van der Waals surface area contributed by atoms with E-state index in [1.165, 1.54) is 34.1 Å². The van der Waals surface area contributed by atoms with Crippen LogP contribution in [-0.4, -0.2) is 44.0 Å². The Morgan fingerprint density at radius 3 is 2.42 bits per heavy atom. The lowest BCUT2D eigenvalue weighted by molar-refractivity contribution is -0.274. The fourth-order valence-corrected chi connectivity index (χ4v) is 5.79. The second-order valence-corrected chi connectivity index (χ2v) is 12.0. The number of aromatic nitrogens is 3. The number of hydrogen-bond donors (Lipinski definition) is 1. The van der Waals surface area contributed by atoms with E-state index in [1.807, 2.05) is 32.9 Å². The number of urea groups is 1. The lowest BCUT2D eigenvalue weighted by Gasteiger charge is -2.22. The van der Waals surface area contributed by atoms with Crippen LogP contribution in [0.4, 0.5) is 42.5 Å². The number of alkyl halides is 6. The molecular weight excluding hydrogens is 662 g/mol. The highest BCUT2D eigenvalue weighted by Crippen LogP contribution is 2.37. The molecule has 0 spiro atoms. The van der Waals surface area contributed by atoms with Gasteiger partial charge in [-0.2, -0.15) is 23.3 Å². The van der Waals surface area contributed by atoms with Crippen molar-refractivity contribution in [2.45, 2.75) is 52.1 Å². The molecule has 16 heteroatoms. The lowest BCUT2D eigenvalue weighted by Crippen LogP contribution is -2.31. The van der Waals surface area contributed by atoms with Gasteiger partial charge in [0.15, 0.2) is 11.0 Å². The van der Waals surface area contributed by atoms with Gasteiger partial charge in [0.1, 0.15) is 12.1 Å². The maximum absolute atomic E-state index is 14.1. The molecule has 1 saturated heterocycles. The van der Waals surface area contributed by atoms with Crippen LogP contribution in [0, 0.1) is 6.92 Å². The number of hydrogen-bond acceptors (Lipinski definition) is 6. The average Bonchev–Trinajstić information content (AvgIpc) is 3.61. The molecule has 0 bridgehead atoms. The van der Waals surface area contributed by atoms with Crippen LogP contribution < -0.4 is 15.0 Å². The summed E-state index contributed by atoms with van der Waals surface area (Å²) < 4.78 is 84.7. The number of anilines is 2. The van der Waals surface area contributed by atoms with Gasteiger partial charge in [0, 0.05) is 6.42 Å². The van der Waals surface area contributed by atoms with E-state index < -0.39 is 35.6 Å². The van der Waals surface area contributed by atoms with Crippen LogP contribution in [0.2, 0.25) is 0 Å². The molecule has 48 heavy (non-hydrogen) atoms. The molecule has 0 aliphatic carbocycles. The molecule has 2 heterocycles. The largest absolute Gasteiger partial charge is 0.573 e. The maximum Gasteiger partial charge on any atom is 0.573 e. The Morgan fingerprint density at radius 2 is 1.75 bits per heavy atom. The normalized spacial score (nSPS) is 14.7. The van der Waals surface area contributed by atoms with Crippen molar-refractivity contribution >= 4 is 40.2 Å². The zero-order valence-corrected chi connectivity index (χ0v) is 26.5. The van der Waals surface area contributed by atoms with Gasteiger partial charge in [-0.05, 0) is 78.4 Å². The first kappa shape index (κ1) is 34.5. The Labute approximate surface area is 275 Å². The third kappa shape index (κ3) is 8.34. The minimum Gasteiger partial charge on any atom is -0.406 e. The number of thioether (sulfide) groups is 1. The van der Waals surface area contributed by atoms with Crippen LogP contribution >= 0.6 is 11.8 Å². The highest BCUT2D eigenvalue weighted by molar-refractivity contribution is 8.15. The first-order chi connectivity index (χ1) is 22.6. The van der Waals surface area contributed by atoms with Gasteiger partial charge < -0.3 is 10.1 Å². The molecule has 1 aliphatic rings. The second-order valence-electron chi connectivity index (χ2n) is 11.1. The van der Waals surface area contributed by atoms with Crippen molar-refractivity contribution in [3.8, 4) is 11.4 Å². The van der Waals surface area contributed by atoms with Crippen molar-refractivity contribution in [1.82, 2.24) is 14.8 Å². The van der Waals surface area contributed by atoms with E-state index in [0.717, 1.165) is 47.2 Å². The molecule has 252 valence electrons. The summed E-state index contributed by atoms with van der Waals surface area (Å²) in [5.74, 6) is -0.343. The van der Waals surface area contributed by atoms with E-state index in [1.54, 1.807) is 6.07 Å². The van der Waals surface area contributed by atoms with Crippen LogP contribution in [-0.2, 0) is 23.8 Å². The summed E-state index contributed by atoms with van der Waals surface area (Å²) in [7, 11) is 0. The van der Waals surface area contributed by atoms with Gasteiger partial charge in [0.25, 0.3) is 0 Å². The maximum atomic E-state index is 14.1. The smallest absolute Gasteiger partial charge is 0.406 e. The van der Waals surface area contributed by atoms with E-state index in [4.69, 9.17) is 0 Å². The quantitative estimate of drug-likeness (QED) is 0.188. The predicted octanol–water partition coefficient (Wildman–Crippen LogP) is 8.07. The van der Waals surface area contributed by atoms with Crippen molar-refractivity contribution in [2.24, 2.45) is 4.99 Å². The van der Waals surface area contributed by atoms with Crippen LogP contribution in [0.5, 0.6) is 5.75 Å². The number of amidine groups is 1. The van der Waals surface area contributed by atoms with Gasteiger partial charge in [-0.25, -0.2) is 14.5 Å². The number of carbonyl (C=O) groups is 2. The Balaban J connectivity index is 1.29. The molecule has 0 unspecified atom stereocenters. The molecule has 1 fully saturated rings. The number of nitrogens with zero attached hydrogens (tertiary/aromatic N) is 5. The van der Waals surface area contributed by atoms with E-state index >= 15 is 0 Å². The van der Waals surface area contributed by atoms with Gasteiger partial charge in [-0.1, -0.05) is 43.8 Å². The molecule has 1 aromatic heterocycles. The standard InChI is InChI=1S/C32H28F6N6O3S/c1-18(2)23-11-4-19(3)14-26(23)44-28(45)16-48-30(44)41-29(46)40-25-12-5-20(15-24(25)31(33,34)35)6-13-27-39-17-43(42-27)21-7-9-22(10-8-21)47-32(36,37)38/h4-5,7-12,14-15,17-18H,6,13,16H2,1-3H3,(H,40,46)/b41-30-. The average molecular weight is 691 g/mol. The molecule has 5 rings (SSSR count). The molecular formula is C32H28F6N6O3S. The summed E-state index contributed by atoms with van der Waals surface area (Å²) in [5, 5.41) is 6.53. The van der Waals surface area contributed by atoms with Crippen molar-refractivity contribution < 1.29 is 40.7 Å². The molecule has 1 N–H and O–H groups in total. The number of carbonyl (C=O) groups excluding carboxylic acids is 2. The number of rotatable bonds is 8. The Bertz CT molecular complexity index is 1850. The van der Waals surface area contributed by atoms with Crippen LogP contribution in [0.25, 0.3) is 5.69 Å². The van der Waals surface area contributed by atoms with E-state index in [0.29, 0.717) is 16.9 Å². The summed E-state index contributed by atoms with van der Waals surface area (Å²) >= 11 is 1.02. The molecule has 4 aromatic rings. The second kappa shape index (κ2) is 13.7. The zero-order chi connectivity index (χ0) is 34.8. The highest BCUT2D eigenvalue weighted by Gasteiger charge is 2.36. The SMILES string of the molecule is Cc1ccc(C(C)C)c(N2C(=O)CS/C2=N\C(=O)Nc2ccc(CCc3ncn(-c4ccc(OC(F)(F)F)cc4)n3)cc2C(F)(F)F)c1. The van der Waals surface area contributed by atoms with Crippen molar-refractivity contribution in [1.29, 1.82) is 0 Å². The minimum absolute atomic E-state index is 0.0242. The van der Waals surface area contributed by atoms with E-state index in [2.05, 4.69) is 25.1 Å². The van der Waals surface area contributed by atoms with Crippen molar-refractivity contribution in [3.63, 3.8) is 0 Å². The van der Waals surface area contributed by atoms with Gasteiger partial charge >= 0.3 is 18.6 Å². The van der Waals surface area contributed by atoms with Crippen molar-refractivity contribution in [3.05, 3.63) is 95.1 Å². The molecule has 3 amide bonds. The zero-order valence-electron chi connectivity index (χ0n) is 25.7. The molecule has 3 aromatic carbocycles. The highest BCUT2D eigenvalue weighted by atomic mass is 32.2. The first-order valence-electron chi connectivity index (χ1n) is 14.5. The number of aryl methyl sites for hydroxylation is 3. The van der Waals surface area contributed by atoms with Gasteiger partial charge in [-0.3, -0.25) is 9.69 Å². The van der Waals surface area contributed by atoms with Crippen LogP contribution in [0.15, 0.2) is 72.0 Å².